The number of hydrogen-bond acceptors (Lipinski definition) is 6. The molecule has 39 heavy (non-hydrogen) atoms. The SMILES string of the molecule is COc1ccc(/C=C2/SC(=O)N(Cc3ccc(Cl)c(Cl)c3)C2=O)cc1NC(=O)c1ccc(OC(F)(F)F)cc1. The summed E-state index contributed by atoms with van der Waals surface area (Å²) >= 11 is 12.7. The smallest absolute Gasteiger partial charge is 0.495 e. The van der Waals surface area contributed by atoms with E-state index in [-0.39, 0.29) is 22.7 Å². The summed E-state index contributed by atoms with van der Waals surface area (Å²) in [6, 6.07) is 13.9. The zero-order valence-corrected chi connectivity index (χ0v) is 22.2. The molecule has 1 fully saturated rings. The minimum Gasteiger partial charge on any atom is -0.495 e. The van der Waals surface area contributed by atoms with Crippen LogP contribution in [0.4, 0.5) is 23.7 Å². The Hall–Kier alpha value is -3.67. The fraction of sp³-hybridized carbons (Fsp3) is 0.115. The molecule has 0 atom stereocenters. The van der Waals surface area contributed by atoms with Crippen molar-refractivity contribution in [2.75, 3.05) is 12.4 Å². The number of halogens is 5. The van der Waals surface area contributed by atoms with E-state index in [4.69, 9.17) is 27.9 Å². The number of carbonyl (C=O) groups is 3. The van der Waals surface area contributed by atoms with Gasteiger partial charge in [0.05, 0.1) is 34.3 Å². The zero-order chi connectivity index (χ0) is 28.3. The average molecular weight is 597 g/mol. The third-order valence-corrected chi connectivity index (χ3v) is 6.96. The maximum atomic E-state index is 12.9. The number of rotatable bonds is 7. The van der Waals surface area contributed by atoms with Gasteiger partial charge in [-0.2, -0.15) is 0 Å². The molecule has 0 aromatic heterocycles. The molecule has 1 aliphatic rings. The Kier molecular flexibility index (Phi) is 8.43. The van der Waals surface area contributed by atoms with Crippen molar-refractivity contribution in [3.8, 4) is 11.5 Å². The Bertz CT molecular complexity index is 1480. The topological polar surface area (TPSA) is 84.9 Å². The molecule has 13 heteroatoms. The van der Waals surface area contributed by atoms with Crippen LogP contribution in [-0.2, 0) is 11.3 Å². The number of nitrogens with one attached hydrogen (secondary N) is 1. The van der Waals surface area contributed by atoms with Crippen LogP contribution in [0.1, 0.15) is 21.5 Å². The van der Waals surface area contributed by atoms with Crippen LogP contribution < -0.4 is 14.8 Å². The van der Waals surface area contributed by atoms with E-state index in [1.807, 2.05) is 0 Å². The van der Waals surface area contributed by atoms with Crippen LogP contribution in [0, 0.1) is 0 Å². The second kappa shape index (κ2) is 11.6. The highest BCUT2D eigenvalue weighted by Crippen LogP contribution is 2.35. The van der Waals surface area contributed by atoms with E-state index in [2.05, 4.69) is 10.1 Å². The summed E-state index contributed by atoms with van der Waals surface area (Å²) in [5.41, 5.74) is 1.42. The van der Waals surface area contributed by atoms with Gasteiger partial charge in [0.1, 0.15) is 11.5 Å². The highest BCUT2D eigenvalue weighted by atomic mass is 35.5. The van der Waals surface area contributed by atoms with Gasteiger partial charge in [-0.05, 0) is 77.5 Å². The molecule has 7 nitrogen and oxygen atoms in total. The monoisotopic (exact) mass is 596 g/mol. The van der Waals surface area contributed by atoms with Crippen LogP contribution in [0.25, 0.3) is 6.08 Å². The van der Waals surface area contributed by atoms with Gasteiger partial charge >= 0.3 is 6.36 Å². The number of methoxy groups -OCH3 is 1. The van der Waals surface area contributed by atoms with E-state index in [9.17, 15) is 27.6 Å². The van der Waals surface area contributed by atoms with Crippen LogP contribution in [0.3, 0.4) is 0 Å². The molecule has 0 aliphatic carbocycles. The van der Waals surface area contributed by atoms with Gasteiger partial charge in [0.15, 0.2) is 0 Å². The van der Waals surface area contributed by atoms with Gasteiger partial charge < -0.3 is 14.8 Å². The number of thioether (sulfide) groups is 1. The molecule has 1 N–H and O–H groups in total. The molecule has 3 aromatic carbocycles. The third kappa shape index (κ3) is 7.05. The van der Waals surface area contributed by atoms with Crippen LogP contribution in [0.15, 0.2) is 65.6 Å². The summed E-state index contributed by atoms with van der Waals surface area (Å²) in [7, 11) is 1.39. The maximum Gasteiger partial charge on any atom is 0.573 e. The fourth-order valence-corrected chi connectivity index (χ4v) is 4.68. The van der Waals surface area contributed by atoms with Crippen molar-refractivity contribution in [2.24, 2.45) is 0 Å². The first kappa shape index (κ1) is 28.3. The summed E-state index contributed by atoms with van der Waals surface area (Å²) in [6.07, 6.45) is -3.35. The van der Waals surface area contributed by atoms with Crippen molar-refractivity contribution in [1.82, 2.24) is 4.90 Å². The zero-order valence-electron chi connectivity index (χ0n) is 19.8. The lowest BCUT2D eigenvalue weighted by Gasteiger charge is -2.13. The van der Waals surface area contributed by atoms with E-state index in [0.29, 0.717) is 26.9 Å². The lowest BCUT2D eigenvalue weighted by Crippen LogP contribution is -2.27. The Labute approximate surface area is 234 Å². The minimum atomic E-state index is -4.85. The molecule has 4 rings (SSSR count). The summed E-state index contributed by atoms with van der Waals surface area (Å²) in [5, 5.41) is 2.82. The van der Waals surface area contributed by atoms with E-state index >= 15 is 0 Å². The van der Waals surface area contributed by atoms with E-state index in [0.717, 1.165) is 28.8 Å². The van der Waals surface area contributed by atoms with Crippen LogP contribution >= 0.6 is 35.0 Å². The minimum absolute atomic E-state index is 0.00954. The first-order chi connectivity index (χ1) is 18.4. The number of imide groups is 1. The molecule has 1 heterocycles. The molecule has 1 aliphatic heterocycles. The highest BCUT2D eigenvalue weighted by Gasteiger charge is 2.35. The van der Waals surface area contributed by atoms with Crippen molar-refractivity contribution in [3.05, 3.63) is 92.3 Å². The second-order valence-electron chi connectivity index (χ2n) is 8.00. The number of ether oxygens (including phenoxy) is 2. The first-order valence-electron chi connectivity index (χ1n) is 11.0. The lowest BCUT2D eigenvalue weighted by molar-refractivity contribution is -0.274. The van der Waals surface area contributed by atoms with Crippen molar-refractivity contribution in [1.29, 1.82) is 0 Å². The van der Waals surface area contributed by atoms with Crippen molar-refractivity contribution in [3.63, 3.8) is 0 Å². The molecule has 3 aromatic rings. The molecule has 0 saturated carbocycles. The molecule has 0 unspecified atom stereocenters. The summed E-state index contributed by atoms with van der Waals surface area (Å²) in [6.45, 7) is 0.00954. The van der Waals surface area contributed by atoms with Gasteiger partial charge in [0.25, 0.3) is 17.1 Å². The van der Waals surface area contributed by atoms with Crippen molar-refractivity contribution >= 4 is 63.8 Å². The van der Waals surface area contributed by atoms with Gasteiger partial charge in [-0.25, -0.2) is 0 Å². The fourth-order valence-electron chi connectivity index (χ4n) is 3.52. The van der Waals surface area contributed by atoms with Crippen molar-refractivity contribution in [2.45, 2.75) is 12.9 Å². The molecule has 3 amide bonds. The Morgan fingerprint density at radius 2 is 1.74 bits per heavy atom. The molecule has 1 saturated heterocycles. The number of hydrogen-bond donors (Lipinski definition) is 1. The van der Waals surface area contributed by atoms with E-state index in [1.54, 1.807) is 30.3 Å². The largest absolute Gasteiger partial charge is 0.573 e. The summed E-state index contributed by atoms with van der Waals surface area (Å²) in [5.74, 6) is -1.29. The van der Waals surface area contributed by atoms with E-state index < -0.39 is 29.2 Å². The lowest BCUT2D eigenvalue weighted by atomic mass is 10.1. The molecular weight excluding hydrogens is 580 g/mol. The van der Waals surface area contributed by atoms with E-state index in [1.165, 1.54) is 31.4 Å². The summed E-state index contributed by atoms with van der Waals surface area (Å²) in [4.78, 5) is 39.4. The second-order valence-corrected chi connectivity index (χ2v) is 9.81. The average Bonchev–Trinajstić information content (AvgIpc) is 3.13. The van der Waals surface area contributed by atoms with Gasteiger partial charge in [-0.3, -0.25) is 19.3 Å². The van der Waals surface area contributed by atoms with Gasteiger partial charge in [0, 0.05) is 5.56 Å². The van der Waals surface area contributed by atoms with Crippen LogP contribution in [0.2, 0.25) is 10.0 Å². The molecular formula is C26H17Cl2F3N2O5S. The standard InChI is InChI=1S/C26H17Cl2F3N2O5S/c1-37-21-9-3-14(11-20(21)32-23(34)16-4-6-17(7-5-16)38-26(29,30)31)12-22-24(35)33(25(36)39-22)13-15-2-8-18(27)19(28)10-15/h2-12H,13H2,1H3,(H,32,34)/b22-12+. The number of nitrogens with zero attached hydrogens (tertiary/aromatic N) is 1. The quantitative estimate of drug-likeness (QED) is 0.286. The Morgan fingerprint density at radius 3 is 2.38 bits per heavy atom. The van der Waals surface area contributed by atoms with Crippen LogP contribution in [-0.4, -0.2) is 35.4 Å². The Morgan fingerprint density at radius 1 is 1.03 bits per heavy atom. The highest BCUT2D eigenvalue weighted by molar-refractivity contribution is 8.18. The van der Waals surface area contributed by atoms with Crippen LogP contribution in [0.5, 0.6) is 11.5 Å². The third-order valence-electron chi connectivity index (χ3n) is 5.32. The number of anilines is 1. The number of alkyl halides is 3. The summed E-state index contributed by atoms with van der Waals surface area (Å²) < 4.78 is 46.2. The van der Waals surface area contributed by atoms with Gasteiger partial charge in [0.2, 0.25) is 0 Å². The van der Waals surface area contributed by atoms with Gasteiger partial charge in [-0.15, -0.1) is 13.2 Å². The number of amides is 3. The maximum absolute atomic E-state index is 12.9. The molecule has 202 valence electrons. The number of carbonyl (C=O) groups excluding carboxylic acids is 3. The predicted molar refractivity (Wildman–Crippen MR) is 142 cm³/mol. The molecule has 0 bridgehead atoms. The normalized spacial score (nSPS) is 14.6. The molecule has 0 radical (unpaired) electrons. The van der Waals surface area contributed by atoms with Crippen molar-refractivity contribution < 1.29 is 37.0 Å². The predicted octanol–water partition coefficient (Wildman–Crippen LogP) is 7.39. The Balaban J connectivity index is 1.51. The number of benzene rings is 3. The van der Waals surface area contributed by atoms with Gasteiger partial charge in [-0.1, -0.05) is 35.3 Å². The molecule has 0 spiro atoms. The first-order valence-corrected chi connectivity index (χ1v) is 12.6.